The lowest BCUT2D eigenvalue weighted by molar-refractivity contribution is 1.27. The zero-order chi connectivity index (χ0) is 5.98. The highest BCUT2D eigenvalue weighted by Crippen LogP contribution is 2.13. The third kappa shape index (κ3) is 1.10. The molecule has 0 saturated carbocycles. The van der Waals surface area contributed by atoms with Gasteiger partial charge in [0.15, 0.2) is 5.15 Å². The molecule has 0 radical (unpaired) electrons. The Balaban J connectivity index is 2.92. The fraction of sp³-hybridized carbons (Fsp3) is 0.333. The number of halogens is 2. The van der Waals surface area contributed by atoms with Gasteiger partial charge in [0.05, 0.1) is 17.6 Å². The van der Waals surface area contributed by atoms with Gasteiger partial charge in [0.1, 0.15) is 5.69 Å². The molecule has 0 spiro atoms. The monoisotopic (exact) mass is 168 g/mol. The maximum absolute atomic E-state index is 5.49. The van der Waals surface area contributed by atoms with E-state index >= 15 is 0 Å². The average Bonchev–Trinajstić information content (AvgIpc) is 2.14. The van der Waals surface area contributed by atoms with Crippen molar-refractivity contribution in [3.8, 4) is 0 Å². The van der Waals surface area contributed by atoms with E-state index in [4.69, 9.17) is 23.2 Å². The first-order valence-corrected chi connectivity index (χ1v) is 3.51. The van der Waals surface area contributed by atoms with Gasteiger partial charge in [-0.05, 0) is 0 Å². The van der Waals surface area contributed by atoms with Crippen molar-refractivity contribution in [1.82, 2.24) is 8.75 Å². The molecular weight excluding hydrogens is 167 g/mol. The Hall–Kier alpha value is 0.140. The van der Waals surface area contributed by atoms with Gasteiger partial charge in [-0.15, -0.1) is 11.6 Å². The summed E-state index contributed by atoms with van der Waals surface area (Å²) in [4.78, 5) is 0. The Morgan fingerprint density at radius 1 is 1.50 bits per heavy atom. The predicted octanol–water partition coefficient (Wildman–Crippen LogP) is 1.93. The van der Waals surface area contributed by atoms with Gasteiger partial charge < -0.3 is 0 Å². The Morgan fingerprint density at radius 3 is 2.50 bits per heavy atom. The topological polar surface area (TPSA) is 25.8 Å². The molecule has 0 unspecified atom stereocenters. The molecule has 2 nitrogen and oxygen atoms in total. The molecule has 0 amide bonds. The van der Waals surface area contributed by atoms with Crippen LogP contribution in [0.5, 0.6) is 0 Å². The number of alkyl halides is 1. The van der Waals surface area contributed by atoms with Crippen LogP contribution in [-0.2, 0) is 5.88 Å². The molecule has 0 aliphatic carbocycles. The van der Waals surface area contributed by atoms with Crippen LogP contribution in [0, 0.1) is 0 Å². The highest BCUT2D eigenvalue weighted by molar-refractivity contribution is 6.99. The van der Waals surface area contributed by atoms with Crippen molar-refractivity contribution in [2.45, 2.75) is 5.88 Å². The second-order valence-electron chi connectivity index (χ2n) is 1.14. The van der Waals surface area contributed by atoms with Gasteiger partial charge in [0.2, 0.25) is 0 Å². The van der Waals surface area contributed by atoms with E-state index in [1.807, 2.05) is 0 Å². The third-order valence-electron chi connectivity index (χ3n) is 0.637. The summed E-state index contributed by atoms with van der Waals surface area (Å²) in [6.07, 6.45) is 0. The molecular formula is C3H2Cl2N2S. The van der Waals surface area contributed by atoms with Gasteiger partial charge in [-0.1, -0.05) is 11.6 Å². The molecule has 5 heteroatoms. The van der Waals surface area contributed by atoms with E-state index < -0.39 is 0 Å². The molecule has 1 aromatic rings. The number of hydrogen-bond acceptors (Lipinski definition) is 3. The van der Waals surface area contributed by atoms with E-state index in [-0.39, 0.29) is 0 Å². The van der Waals surface area contributed by atoms with E-state index in [1.165, 1.54) is 0 Å². The Kier molecular flexibility index (Phi) is 2.05. The Morgan fingerprint density at radius 2 is 2.25 bits per heavy atom. The Labute approximate surface area is 60.8 Å². The standard InChI is InChI=1S/C3H2Cl2N2S/c4-1-2-3(5)7-8-6-2/h1H2. The third-order valence-corrected chi connectivity index (χ3v) is 1.86. The molecule has 1 heterocycles. The predicted molar refractivity (Wildman–Crippen MR) is 34.5 cm³/mol. The lowest BCUT2D eigenvalue weighted by Gasteiger charge is -1.79. The Bertz CT molecular complexity index is 176. The summed E-state index contributed by atoms with van der Waals surface area (Å²) in [5, 5.41) is 0.421. The summed E-state index contributed by atoms with van der Waals surface area (Å²) in [6, 6.07) is 0. The van der Waals surface area contributed by atoms with Gasteiger partial charge in [-0.25, -0.2) is 0 Å². The zero-order valence-electron chi connectivity index (χ0n) is 3.77. The fourth-order valence-corrected chi connectivity index (χ4v) is 1.32. The summed E-state index contributed by atoms with van der Waals surface area (Å²) in [7, 11) is 0. The number of hydrogen-bond donors (Lipinski definition) is 0. The first-order chi connectivity index (χ1) is 3.84. The molecule has 0 aromatic carbocycles. The minimum Gasteiger partial charge on any atom is -0.175 e. The summed E-state index contributed by atoms with van der Waals surface area (Å²) in [5.41, 5.74) is 0.665. The average molecular weight is 169 g/mol. The summed E-state index contributed by atoms with van der Waals surface area (Å²) in [5.74, 6) is 0.343. The molecule has 0 aliphatic rings. The van der Waals surface area contributed by atoms with Crippen LogP contribution in [0.3, 0.4) is 0 Å². The lowest BCUT2D eigenvalue weighted by atomic mass is 10.6. The van der Waals surface area contributed by atoms with Crippen LogP contribution in [0.15, 0.2) is 0 Å². The van der Waals surface area contributed by atoms with Crippen molar-refractivity contribution in [3.05, 3.63) is 10.8 Å². The van der Waals surface area contributed by atoms with E-state index in [0.717, 1.165) is 11.7 Å². The van der Waals surface area contributed by atoms with E-state index in [2.05, 4.69) is 8.75 Å². The van der Waals surface area contributed by atoms with Crippen LogP contribution in [-0.4, -0.2) is 8.75 Å². The molecule has 0 saturated heterocycles. The largest absolute Gasteiger partial charge is 0.175 e. The van der Waals surface area contributed by atoms with Crippen molar-refractivity contribution in [3.63, 3.8) is 0 Å². The first kappa shape index (κ1) is 6.26. The van der Waals surface area contributed by atoms with E-state index in [1.54, 1.807) is 0 Å². The van der Waals surface area contributed by atoms with Gasteiger partial charge in [0.25, 0.3) is 0 Å². The molecule has 0 aliphatic heterocycles. The van der Waals surface area contributed by atoms with Crippen molar-refractivity contribution >= 4 is 34.9 Å². The lowest BCUT2D eigenvalue weighted by Crippen LogP contribution is -1.74. The minimum absolute atomic E-state index is 0.343. The molecule has 0 bridgehead atoms. The van der Waals surface area contributed by atoms with Gasteiger partial charge in [-0.2, -0.15) is 8.75 Å². The van der Waals surface area contributed by atoms with Crippen LogP contribution in [0.2, 0.25) is 5.15 Å². The van der Waals surface area contributed by atoms with Gasteiger partial charge >= 0.3 is 0 Å². The quantitative estimate of drug-likeness (QED) is 0.600. The van der Waals surface area contributed by atoms with Crippen molar-refractivity contribution in [2.75, 3.05) is 0 Å². The van der Waals surface area contributed by atoms with Crippen LogP contribution in [0.25, 0.3) is 0 Å². The number of nitrogens with zero attached hydrogens (tertiary/aromatic N) is 2. The van der Waals surface area contributed by atoms with Gasteiger partial charge in [-0.3, -0.25) is 0 Å². The molecule has 0 N–H and O–H groups in total. The molecule has 1 rings (SSSR count). The molecule has 0 atom stereocenters. The SMILES string of the molecule is ClCc1nsnc1Cl. The number of rotatable bonds is 1. The second-order valence-corrected chi connectivity index (χ2v) is 2.29. The van der Waals surface area contributed by atoms with Crippen LogP contribution in [0.1, 0.15) is 5.69 Å². The van der Waals surface area contributed by atoms with Crippen LogP contribution in [0.4, 0.5) is 0 Å². The van der Waals surface area contributed by atoms with Crippen molar-refractivity contribution in [1.29, 1.82) is 0 Å². The van der Waals surface area contributed by atoms with Crippen molar-refractivity contribution < 1.29 is 0 Å². The second kappa shape index (κ2) is 2.62. The molecule has 0 fully saturated rings. The summed E-state index contributed by atoms with van der Waals surface area (Å²) < 4.78 is 7.50. The molecule has 1 aromatic heterocycles. The first-order valence-electron chi connectivity index (χ1n) is 1.87. The minimum atomic E-state index is 0.343. The molecule has 8 heavy (non-hydrogen) atoms. The summed E-state index contributed by atoms with van der Waals surface area (Å²) in [6.45, 7) is 0. The summed E-state index contributed by atoms with van der Waals surface area (Å²) >= 11 is 12.0. The number of aromatic nitrogens is 2. The molecule has 44 valence electrons. The van der Waals surface area contributed by atoms with Gasteiger partial charge in [0, 0.05) is 0 Å². The van der Waals surface area contributed by atoms with Crippen LogP contribution >= 0.6 is 34.9 Å². The highest BCUT2D eigenvalue weighted by Gasteiger charge is 2.00. The van der Waals surface area contributed by atoms with E-state index in [0.29, 0.717) is 16.7 Å². The highest BCUT2D eigenvalue weighted by atomic mass is 35.5. The normalized spacial score (nSPS) is 9.75. The van der Waals surface area contributed by atoms with Crippen molar-refractivity contribution in [2.24, 2.45) is 0 Å². The maximum Gasteiger partial charge on any atom is 0.167 e. The van der Waals surface area contributed by atoms with E-state index in [9.17, 15) is 0 Å². The smallest absolute Gasteiger partial charge is 0.167 e. The van der Waals surface area contributed by atoms with Crippen LogP contribution < -0.4 is 0 Å². The zero-order valence-corrected chi connectivity index (χ0v) is 6.09. The fourth-order valence-electron chi connectivity index (χ4n) is 0.275. The maximum atomic E-state index is 5.49.